The summed E-state index contributed by atoms with van der Waals surface area (Å²) in [7, 11) is 2.15. The first kappa shape index (κ1) is 13.9. The summed E-state index contributed by atoms with van der Waals surface area (Å²) in [6.45, 7) is 10.1. The lowest BCUT2D eigenvalue weighted by Gasteiger charge is -2.34. The summed E-state index contributed by atoms with van der Waals surface area (Å²) in [5.74, 6) is 0. The summed E-state index contributed by atoms with van der Waals surface area (Å²) in [5, 5.41) is 10.4. The number of hydrogen-bond donors (Lipinski definition) is 0. The second-order valence-electron chi connectivity index (χ2n) is 4.91. The van der Waals surface area contributed by atoms with Crippen LogP contribution in [0.3, 0.4) is 0 Å². The summed E-state index contributed by atoms with van der Waals surface area (Å²) in [5.41, 5.74) is 0. The van der Waals surface area contributed by atoms with E-state index < -0.39 is 0 Å². The quantitative estimate of drug-likeness (QED) is 0.798. The largest absolute Gasteiger partial charge is 0.379 e. The number of nitrogens with zero attached hydrogens (tertiary/aromatic N) is 4. The lowest BCUT2D eigenvalue weighted by molar-refractivity contribution is 0.0137. The van der Waals surface area contributed by atoms with Gasteiger partial charge in [-0.3, -0.25) is 9.80 Å². The molecule has 0 aliphatic carbocycles. The average Bonchev–Trinajstić information content (AvgIpc) is 2.75. The van der Waals surface area contributed by atoms with Gasteiger partial charge in [-0.05, 0) is 20.9 Å². The molecule has 1 atom stereocenters. The Balaban J connectivity index is 1.77. The maximum atomic E-state index is 5.38. The first-order valence-electron chi connectivity index (χ1n) is 6.44. The lowest BCUT2D eigenvalue weighted by Crippen LogP contribution is -2.46. The molecule has 1 fully saturated rings. The van der Waals surface area contributed by atoms with Crippen molar-refractivity contribution >= 4 is 11.3 Å². The van der Waals surface area contributed by atoms with E-state index in [1.54, 1.807) is 11.3 Å². The summed E-state index contributed by atoms with van der Waals surface area (Å²) >= 11 is 1.68. The van der Waals surface area contributed by atoms with Crippen LogP contribution in [0.2, 0.25) is 0 Å². The zero-order chi connectivity index (χ0) is 13.0. The minimum absolute atomic E-state index is 0.563. The average molecular weight is 270 g/mol. The molecule has 0 unspecified atom stereocenters. The van der Waals surface area contributed by atoms with Gasteiger partial charge in [-0.15, -0.1) is 21.5 Å². The first-order chi connectivity index (χ1) is 8.65. The van der Waals surface area contributed by atoms with Gasteiger partial charge in [0, 0.05) is 25.7 Å². The molecule has 0 saturated carbocycles. The van der Waals surface area contributed by atoms with Crippen molar-refractivity contribution in [3.05, 3.63) is 10.0 Å². The van der Waals surface area contributed by atoms with Crippen LogP contribution in [0.1, 0.15) is 16.9 Å². The lowest BCUT2D eigenvalue weighted by atomic mass is 10.2. The van der Waals surface area contributed by atoms with Gasteiger partial charge in [0.05, 0.1) is 19.8 Å². The summed E-state index contributed by atoms with van der Waals surface area (Å²) in [4.78, 5) is 4.81. The van der Waals surface area contributed by atoms with Crippen molar-refractivity contribution in [2.24, 2.45) is 0 Å². The molecule has 18 heavy (non-hydrogen) atoms. The van der Waals surface area contributed by atoms with Crippen LogP contribution in [0.15, 0.2) is 0 Å². The minimum atomic E-state index is 0.563. The predicted molar refractivity (Wildman–Crippen MR) is 72.8 cm³/mol. The standard InChI is InChI=1S/C12H22N4OS/c1-10(16-4-6-17-7-5-16)8-15(3)9-12-14-13-11(2)18-12/h10H,4-9H2,1-3H3/t10-/m1/s1. The first-order valence-corrected chi connectivity index (χ1v) is 7.26. The molecule has 0 radical (unpaired) electrons. The van der Waals surface area contributed by atoms with Crippen molar-refractivity contribution in [1.29, 1.82) is 0 Å². The van der Waals surface area contributed by atoms with E-state index in [-0.39, 0.29) is 0 Å². The van der Waals surface area contributed by atoms with Gasteiger partial charge in [0.1, 0.15) is 10.0 Å². The molecular formula is C12H22N4OS. The molecule has 0 N–H and O–H groups in total. The van der Waals surface area contributed by atoms with E-state index in [2.05, 4.69) is 34.0 Å². The van der Waals surface area contributed by atoms with Crippen LogP contribution < -0.4 is 0 Å². The topological polar surface area (TPSA) is 41.5 Å². The highest BCUT2D eigenvalue weighted by Crippen LogP contribution is 2.11. The molecule has 1 aliphatic heterocycles. The number of ether oxygens (including phenoxy) is 1. The van der Waals surface area contributed by atoms with Crippen LogP contribution in [0.5, 0.6) is 0 Å². The second-order valence-corrected chi connectivity index (χ2v) is 6.18. The SMILES string of the molecule is Cc1nnc(CN(C)C[C@@H](C)N2CCOCC2)s1. The van der Waals surface area contributed by atoms with Crippen molar-refractivity contribution in [2.45, 2.75) is 26.4 Å². The van der Waals surface area contributed by atoms with Crippen molar-refractivity contribution in [2.75, 3.05) is 39.9 Å². The van der Waals surface area contributed by atoms with Gasteiger partial charge in [-0.1, -0.05) is 0 Å². The normalized spacial score (nSPS) is 19.3. The van der Waals surface area contributed by atoms with E-state index in [1.165, 1.54) is 0 Å². The van der Waals surface area contributed by atoms with Crippen molar-refractivity contribution in [1.82, 2.24) is 20.0 Å². The Kier molecular flexibility index (Phi) is 5.05. The molecule has 2 rings (SSSR count). The third-order valence-corrected chi connectivity index (χ3v) is 4.04. The maximum absolute atomic E-state index is 5.38. The Morgan fingerprint density at radius 1 is 1.39 bits per heavy atom. The highest BCUT2D eigenvalue weighted by Gasteiger charge is 2.18. The Hall–Kier alpha value is -0.560. The highest BCUT2D eigenvalue weighted by molar-refractivity contribution is 7.11. The number of hydrogen-bond acceptors (Lipinski definition) is 6. The van der Waals surface area contributed by atoms with Crippen molar-refractivity contribution in [3.63, 3.8) is 0 Å². The van der Waals surface area contributed by atoms with E-state index in [1.807, 2.05) is 6.92 Å². The number of morpholine rings is 1. The van der Waals surface area contributed by atoms with Gasteiger partial charge in [0.25, 0.3) is 0 Å². The highest BCUT2D eigenvalue weighted by atomic mass is 32.1. The molecule has 2 heterocycles. The molecule has 102 valence electrons. The van der Waals surface area contributed by atoms with Crippen LogP contribution in [0.4, 0.5) is 0 Å². The van der Waals surface area contributed by atoms with E-state index in [0.29, 0.717) is 6.04 Å². The number of aromatic nitrogens is 2. The smallest absolute Gasteiger partial charge is 0.131 e. The second kappa shape index (κ2) is 6.56. The molecule has 0 bridgehead atoms. The van der Waals surface area contributed by atoms with Crippen LogP contribution >= 0.6 is 11.3 Å². The molecule has 5 nitrogen and oxygen atoms in total. The molecule has 1 aromatic rings. The molecule has 6 heteroatoms. The fourth-order valence-corrected chi connectivity index (χ4v) is 3.07. The van der Waals surface area contributed by atoms with E-state index in [0.717, 1.165) is 49.4 Å². The third-order valence-electron chi connectivity index (χ3n) is 3.22. The summed E-state index contributed by atoms with van der Waals surface area (Å²) in [6.07, 6.45) is 0. The monoisotopic (exact) mass is 270 g/mol. The Bertz CT molecular complexity index is 365. The van der Waals surface area contributed by atoms with Crippen molar-refractivity contribution in [3.8, 4) is 0 Å². The van der Waals surface area contributed by atoms with Gasteiger partial charge in [-0.25, -0.2) is 0 Å². The molecular weight excluding hydrogens is 248 g/mol. The molecule has 1 aliphatic rings. The minimum Gasteiger partial charge on any atom is -0.379 e. The number of likely N-dealkylation sites (N-methyl/N-ethyl adjacent to an activating group) is 1. The van der Waals surface area contributed by atoms with E-state index in [9.17, 15) is 0 Å². The van der Waals surface area contributed by atoms with Gasteiger partial charge in [-0.2, -0.15) is 0 Å². The molecule has 0 spiro atoms. The summed E-state index contributed by atoms with van der Waals surface area (Å²) in [6, 6.07) is 0.563. The Morgan fingerprint density at radius 2 is 2.11 bits per heavy atom. The zero-order valence-corrected chi connectivity index (χ0v) is 12.2. The van der Waals surface area contributed by atoms with E-state index in [4.69, 9.17) is 4.74 Å². The molecule has 1 aromatic heterocycles. The zero-order valence-electron chi connectivity index (χ0n) is 11.4. The van der Waals surface area contributed by atoms with Crippen molar-refractivity contribution < 1.29 is 4.74 Å². The molecule has 0 aromatic carbocycles. The molecule has 1 saturated heterocycles. The maximum Gasteiger partial charge on any atom is 0.131 e. The third kappa shape index (κ3) is 3.98. The fraction of sp³-hybridized carbons (Fsp3) is 0.833. The fourth-order valence-electron chi connectivity index (χ4n) is 2.28. The van der Waals surface area contributed by atoms with Gasteiger partial charge in [0.2, 0.25) is 0 Å². The number of rotatable bonds is 5. The van der Waals surface area contributed by atoms with Gasteiger partial charge in [0.15, 0.2) is 0 Å². The van der Waals surface area contributed by atoms with Gasteiger partial charge < -0.3 is 4.74 Å². The van der Waals surface area contributed by atoms with E-state index >= 15 is 0 Å². The number of aryl methyl sites for hydroxylation is 1. The molecule has 0 amide bonds. The summed E-state index contributed by atoms with van der Waals surface area (Å²) < 4.78 is 5.38. The van der Waals surface area contributed by atoms with Crippen LogP contribution in [-0.2, 0) is 11.3 Å². The van der Waals surface area contributed by atoms with Crippen LogP contribution in [0, 0.1) is 6.92 Å². The van der Waals surface area contributed by atoms with Crippen LogP contribution in [0.25, 0.3) is 0 Å². The van der Waals surface area contributed by atoms with Crippen LogP contribution in [-0.4, -0.2) is 65.9 Å². The predicted octanol–water partition coefficient (Wildman–Crippen LogP) is 0.999. The Morgan fingerprint density at radius 3 is 2.72 bits per heavy atom. The Labute approximate surface area is 113 Å². The van der Waals surface area contributed by atoms with Gasteiger partial charge >= 0.3 is 0 Å².